The van der Waals surface area contributed by atoms with Crippen LogP contribution >= 0.6 is 0 Å². The average Bonchev–Trinajstić information content (AvgIpc) is 2.89. The number of benzene rings is 1. The first-order chi connectivity index (χ1) is 11.4. The third kappa shape index (κ3) is 5.03. The number of nitrogens with one attached hydrogen (secondary N) is 1. The minimum atomic E-state index is -0.261. The maximum Gasteiger partial charge on any atom is 0.234 e. The molecular weight excluding hydrogens is 309 g/mol. The van der Waals surface area contributed by atoms with Gasteiger partial charge in [0.25, 0.3) is 0 Å². The number of nitrogens with zero attached hydrogens (tertiary/aromatic N) is 2. The normalized spacial score (nSPS) is 17.8. The van der Waals surface area contributed by atoms with Crippen molar-refractivity contribution in [2.75, 3.05) is 26.7 Å². The maximum absolute atomic E-state index is 13.6. The van der Waals surface area contributed by atoms with Crippen molar-refractivity contribution in [1.29, 1.82) is 0 Å². The van der Waals surface area contributed by atoms with Gasteiger partial charge in [0, 0.05) is 43.6 Å². The molecular formula is C18H26FN3O2. The Labute approximate surface area is 142 Å². The second-order valence-corrected chi connectivity index (χ2v) is 6.78. The molecule has 1 aliphatic rings. The molecule has 1 saturated heterocycles. The summed E-state index contributed by atoms with van der Waals surface area (Å²) in [6, 6.07) is 6.76. The molecule has 132 valence electrons. The van der Waals surface area contributed by atoms with Gasteiger partial charge < -0.3 is 10.2 Å². The molecule has 0 aliphatic carbocycles. The van der Waals surface area contributed by atoms with Crippen LogP contribution in [0.1, 0.15) is 25.8 Å². The largest absolute Gasteiger partial charge is 0.355 e. The molecule has 5 nitrogen and oxygen atoms in total. The summed E-state index contributed by atoms with van der Waals surface area (Å²) in [7, 11) is 1.78. The monoisotopic (exact) mass is 335 g/mol. The average molecular weight is 335 g/mol. The van der Waals surface area contributed by atoms with Gasteiger partial charge in [-0.25, -0.2) is 4.39 Å². The number of likely N-dealkylation sites (N-methyl/N-ethyl adjacent to an activating group) is 1. The molecule has 1 aromatic rings. The summed E-state index contributed by atoms with van der Waals surface area (Å²) in [5.41, 5.74) is 0.571. The van der Waals surface area contributed by atoms with E-state index in [9.17, 15) is 14.0 Å². The van der Waals surface area contributed by atoms with E-state index in [0.29, 0.717) is 31.6 Å². The molecule has 0 aromatic heterocycles. The van der Waals surface area contributed by atoms with Crippen LogP contribution in [0.2, 0.25) is 0 Å². The predicted octanol–water partition coefficient (Wildman–Crippen LogP) is 1.63. The molecule has 1 unspecified atom stereocenters. The molecule has 0 radical (unpaired) electrons. The molecule has 1 fully saturated rings. The summed E-state index contributed by atoms with van der Waals surface area (Å²) in [5, 5.41) is 2.88. The fourth-order valence-corrected chi connectivity index (χ4v) is 2.98. The first-order valence-corrected chi connectivity index (χ1v) is 8.35. The standard InChI is InChI=1S/C18H26FN3O2/c1-13(2)22-10-14(8-18(22)24)9-20-17(23)12-21(3)11-15-6-4-5-7-16(15)19/h4-7,13-14H,8-12H2,1-3H3,(H,20,23). The molecule has 24 heavy (non-hydrogen) atoms. The van der Waals surface area contributed by atoms with E-state index in [1.54, 1.807) is 30.1 Å². The van der Waals surface area contributed by atoms with Crippen LogP contribution < -0.4 is 5.32 Å². The minimum absolute atomic E-state index is 0.107. The lowest BCUT2D eigenvalue weighted by Gasteiger charge is -2.21. The van der Waals surface area contributed by atoms with Crippen molar-refractivity contribution in [2.45, 2.75) is 32.9 Å². The van der Waals surface area contributed by atoms with Gasteiger partial charge in [0.1, 0.15) is 5.82 Å². The highest BCUT2D eigenvalue weighted by Gasteiger charge is 2.31. The fourth-order valence-electron chi connectivity index (χ4n) is 2.98. The molecule has 1 heterocycles. The molecule has 1 atom stereocenters. The summed E-state index contributed by atoms with van der Waals surface area (Å²) in [6.07, 6.45) is 0.490. The molecule has 0 saturated carbocycles. The lowest BCUT2D eigenvalue weighted by atomic mass is 10.1. The second-order valence-electron chi connectivity index (χ2n) is 6.78. The van der Waals surface area contributed by atoms with E-state index in [-0.39, 0.29) is 36.1 Å². The predicted molar refractivity (Wildman–Crippen MR) is 90.7 cm³/mol. The van der Waals surface area contributed by atoms with E-state index in [1.807, 2.05) is 18.7 Å². The van der Waals surface area contributed by atoms with E-state index in [4.69, 9.17) is 0 Å². The van der Waals surface area contributed by atoms with Crippen molar-refractivity contribution in [2.24, 2.45) is 5.92 Å². The smallest absolute Gasteiger partial charge is 0.234 e. The summed E-state index contributed by atoms with van der Waals surface area (Å²) in [4.78, 5) is 27.5. The number of hydrogen-bond acceptors (Lipinski definition) is 3. The third-order valence-corrected chi connectivity index (χ3v) is 4.26. The first kappa shape index (κ1) is 18.4. The Morgan fingerprint density at radius 3 is 2.75 bits per heavy atom. The van der Waals surface area contributed by atoms with Gasteiger partial charge in [-0.2, -0.15) is 0 Å². The highest BCUT2D eigenvalue weighted by Crippen LogP contribution is 2.19. The van der Waals surface area contributed by atoms with Crippen molar-refractivity contribution in [3.63, 3.8) is 0 Å². The van der Waals surface area contributed by atoms with Gasteiger partial charge in [0.05, 0.1) is 6.54 Å². The van der Waals surface area contributed by atoms with Crippen molar-refractivity contribution in [3.8, 4) is 0 Å². The van der Waals surface area contributed by atoms with Crippen molar-refractivity contribution in [1.82, 2.24) is 15.1 Å². The van der Waals surface area contributed by atoms with E-state index in [0.717, 1.165) is 0 Å². The Hall–Kier alpha value is -1.95. The van der Waals surface area contributed by atoms with Gasteiger partial charge >= 0.3 is 0 Å². The minimum Gasteiger partial charge on any atom is -0.355 e. The van der Waals surface area contributed by atoms with Crippen molar-refractivity contribution >= 4 is 11.8 Å². The molecule has 6 heteroatoms. The molecule has 2 amide bonds. The zero-order chi connectivity index (χ0) is 17.7. The molecule has 1 aromatic carbocycles. The number of carbonyl (C=O) groups excluding carboxylic acids is 2. The van der Waals surface area contributed by atoms with Gasteiger partial charge in [-0.1, -0.05) is 18.2 Å². The number of rotatable bonds is 7. The van der Waals surface area contributed by atoms with E-state index >= 15 is 0 Å². The number of amides is 2. The summed E-state index contributed by atoms with van der Waals surface area (Å²) in [6.45, 7) is 5.77. The van der Waals surface area contributed by atoms with Crippen molar-refractivity contribution < 1.29 is 14.0 Å². The zero-order valence-corrected chi connectivity index (χ0v) is 14.6. The first-order valence-electron chi connectivity index (χ1n) is 8.35. The maximum atomic E-state index is 13.6. The Morgan fingerprint density at radius 2 is 2.12 bits per heavy atom. The SMILES string of the molecule is CC(C)N1CC(CNC(=O)CN(C)Cc2ccccc2F)CC1=O. The van der Waals surface area contributed by atoms with Crippen LogP contribution in [-0.4, -0.2) is 54.3 Å². The van der Waals surface area contributed by atoms with E-state index in [1.165, 1.54) is 6.07 Å². The molecule has 0 spiro atoms. The van der Waals surface area contributed by atoms with Gasteiger partial charge in [-0.05, 0) is 27.0 Å². The summed E-state index contributed by atoms with van der Waals surface area (Å²) in [5.74, 6) is -0.0473. The topological polar surface area (TPSA) is 52.7 Å². The molecule has 2 rings (SSSR count). The highest BCUT2D eigenvalue weighted by molar-refractivity contribution is 5.80. The lowest BCUT2D eigenvalue weighted by molar-refractivity contribution is -0.129. The zero-order valence-electron chi connectivity index (χ0n) is 14.6. The van der Waals surface area contributed by atoms with Gasteiger partial charge in [0.15, 0.2) is 0 Å². The Morgan fingerprint density at radius 1 is 1.42 bits per heavy atom. The fraction of sp³-hybridized carbons (Fsp3) is 0.556. The third-order valence-electron chi connectivity index (χ3n) is 4.26. The summed E-state index contributed by atoms with van der Waals surface area (Å²) < 4.78 is 13.6. The van der Waals surface area contributed by atoms with Gasteiger partial charge in [-0.3, -0.25) is 14.5 Å². The molecule has 1 N–H and O–H groups in total. The highest BCUT2D eigenvalue weighted by atomic mass is 19.1. The van der Waals surface area contributed by atoms with Crippen LogP contribution in [0.25, 0.3) is 0 Å². The van der Waals surface area contributed by atoms with E-state index < -0.39 is 0 Å². The Kier molecular flexibility index (Phi) is 6.31. The van der Waals surface area contributed by atoms with Crippen LogP contribution in [0.4, 0.5) is 4.39 Å². The molecule has 1 aliphatic heterocycles. The number of carbonyl (C=O) groups is 2. The van der Waals surface area contributed by atoms with Crippen LogP contribution in [0.15, 0.2) is 24.3 Å². The van der Waals surface area contributed by atoms with Crippen LogP contribution in [0, 0.1) is 11.7 Å². The van der Waals surface area contributed by atoms with Gasteiger partial charge in [-0.15, -0.1) is 0 Å². The number of hydrogen-bond donors (Lipinski definition) is 1. The molecule has 0 bridgehead atoms. The van der Waals surface area contributed by atoms with E-state index in [2.05, 4.69) is 5.32 Å². The van der Waals surface area contributed by atoms with Crippen molar-refractivity contribution in [3.05, 3.63) is 35.6 Å². The number of likely N-dealkylation sites (tertiary alicyclic amines) is 1. The van der Waals surface area contributed by atoms with Crippen LogP contribution in [0.3, 0.4) is 0 Å². The Bertz CT molecular complexity index is 591. The van der Waals surface area contributed by atoms with Crippen LogP contribution in [-0.2, 0) is 16.1 Å². The van der Waals surface area contributed by atoms with Gasteiger partial charge in [0.2, 0.25) is 11.8 Å². The lowest BCUT2D eigenvalue weighted by Crippen LogP contribution is -2.38. The Balaban J connectivity index is 1.74. The van der Waals surface area contributed by atoms with Crippen LogP contribution in [0.5, 0.6) is 0 Å². The number of halogens is 1. The summed E-state index contributed by atoms with van der Waals surface area (Å²) >= 11 is 0. The quantitative estimate of drug-likeness (QED) is 0.824. The second kappa shape index (κ2) is 8.24.